The maximum absolute atomic E-state index is 11.1. The van der Waals surface area contributed by atoms with Crippen LogP contribution in [-0.4, -0.2) is 24.0 Å². The summed E-state index contributed by atoms with van der Waals surface area (Å²) in [6, 6.07) is 0. The van der Waals surface area contributed by atoms with E-state index >= 15 is 0 Å². The Bertz CT molecular complexity index is 352. The first-order valence-electron chi connectivity index (χ1n) is 6.18. The summed E-state index contributed by atoms with van der Waals surface area (Å²) >= 11 is 1.57. The second kappa shape index (κ2) is 7.59. The van der Waals surface area contributed by atoms with Gasteiger partial charge in [0.1, 0.15) is 0 Å². The van der Waals surface area contributed by atoms with E-state index in [9.17, 15) is 4.79 Å². The summed E-state index contributed by atoms with van der Waals surface area (Å²) in [5.41, 5.74) is 5.30. The van der Waals surface area contributed by atoms with Crippen molar-refractivity contribution in [2.75, 3.05) is 18.0 Å². The molecular weight excluding hydrogens is 270 g/mol. The molecule has 0 radical (unpaired) electrons. The Morgan fingerprint density at radius 2 is 2.17 bits per heavy atom. The van der Waals surface area contributed by atoms with Gasteiger partial charge in [0.15, 0.2) is 5.13 Å². The van der Waals surface area contributed by atoms with Gasteiger partial charge in [0, 0.05) is 18.1 Å². The van der Waals surface area contributed by atoms with Crippen molar-refractivity contribution < 1.29 is 4.79 Å². The third-order valence-corrected chi connectivity index (χ3v) is 4.07. The molecular formula is C12H20ClN3OS. The number of primary amides is 1. The molecule has 102 valence electrons. The first-order chi connectivity index (χ1) is 8.25. The number of nitrogens with two attached hydrogens (primary N) is 1. The molecule has 1 aliphatic rings. The van der Waals surface area contributed by atoms with E-state index in [1.807, 2.05) is 10.3 Å². The fourth-order valence-corrected chi connectivity index (χ4v) is 3.11. The monoisotopic (exact) mass is 289 g/mol. The summed E-state index contributed by atoms with van der Waals surface area (Å²) in [5.74, 6) is 0.406. The summed E-state index contributed by atoms with van der Waals surface area (Å²) in [6.45, 7) is 1.19. The van der Waals surface area contributed by atoms with E-state index in [0.29, 0.717) is 5.92 Å². The minimum absolute atomic E-state index is 0. The summed E-state index contributed by atoms with van der Waals surface area (Å²) < 4.78 is 0. The van der Waals surface area contributed by atoms with Gasteiger partial charge in [-0.3, -0.25) is 4.79 Å². The zero-order valence-corrected chi connectivity index (χ0v) is 12.0. The second-order valence-electron chi connectivity index (χ2n) is 4.67. The van der Waals surface area contributed by atoms with Gasteiger partial charge in [-0.2, -0.15) is 0 Å². The van der Waals surface area contributed by atoms with Crippen LogP contribution in [-0.2, 0) is 4.79 Å². The first-order valence-corrected chi connectivity index (χ1v) is 7.06. The van der Waals surface area contributed by atoms with Gasteiger partial charge < -0.3 is 10.6 Å². The predicted octanol–water partition coefficient (Wildman–Crippen LogP) is 2.44. The standard InChI is InChI=1S/C12H19N3OS.ClH/c13-11(16)9-15(12-14-6-7-17-12)8-10-4-2-1-3-5-10;/h6-7,10H,1-5,8-9H2,(H2,13,16);1H. The zero-order valence-electron chi connectivity index (χ0n) is 10.4. The van der Waals surface area contributed by atoms with Crippen molar-refractivity contribution in [3.05, 3.63) is 11.6 Å². The number of aromatic nitrogens is 1. The summed E-state index contributed by atoms with van der Waals surface area (Å²) in [5, 5.41) is 2.85. The van der Waals surface area contributed by atoms with Gasteiger partial charge >= 0.3 is 0 Å². The number of nitrogens with zero attached hydrogens (tertiary/aromatic N) is 2. The number of carbonyl (C=O) groups excluding carboxylic acids is 1. The molecule has 0 aromatic carbocycles. The molecule has 6 heteroatoms. The van der Waals surface area contributed by atoms with Crippen molar-refractivity contribution >= 4 is 34.8 Å². The molecule has 4 nitrogen and oxygen atoms in total. The third kappa shape index (κ3) is 4.46. The van der Waals surface area contributed by atoms with Gasteiger partial charge in [-0.05, 0) is 18.8 Å². The van der Waals surface area contributed by atoms with Crippen molar-refractivity contribution in [2.45, 2.75) is 32.1 Å². The van der Waals surface area contributed by atoms with Crippen molar-refractivity contribution in [2.24, 2.45) is 11.7 Å². The molecule has 1 aliphatic carbocycles. The molecule has 1 aromatic heterocycles. The summed E-state index contributed by atoms with van der Waals surface area (Å²) in [7, 11) is 0. The molecule has 1 saturated carbocycles. The third-order valence-electron chi connectivity index (χ3n) is 3.24. The molecule has 1 heterocycles. The van der Waals surface area contributed by atoms with Crippen LogP contribution in [0, 0.1) is 5.92 Å². The van der Waals surface area contributed by atoms with Crippen LogP contribution in [0.25, 0.3) is 0 Å². The van der Waals surface area contributed by atoms with E-state index in [1.165, 1.54) is 32.1 Å². The Morgan fingerprint density at radius 1 is 1.44 bits per heavy atom. The maximum Gasteiger partial charge on any atom is 0.237 e. The molecule has 0 atom stereocenters. The van der Waals surface area contributed by atoms with Crippen LogP contribution < -0.4 is 10.6 Å². The van der Waals surface area contributed by atoms with Gasteiger partial charge in [0.05, 0.1) is 6.54 Å². The second-order valence-corrected chi connectivity index (χ2v) is 5.54. The Hall–Kier alpha value is -0.810. The Labute approximate surface area is 118 Å². The van der Waals surface area contributed by atoms with E-state index in [2.05, 4.69) is 4.98 Å². The molecule has 0 aliphatic heterocycles. The number of thiazole rings is 1. The van der Waals surface area contributed by atoms with Crippen molar-refractivity contribution in [3.63, 3.8) is 0 Å². The minimum atomic E-state index is -0.281. The Balaban J connectivity index is 0.00000162. The van der Waals surface area contributed by atoms with Gasteiger partial charge in [-0.1, -0.05) is 19.3 Å². The van der Waals surface area contributed by atoms with Crippen molar-refractivity contribution in [3.8, 4) is 0 Å². The van der Waals surface area contributed by atoms with E-state index in [1.54, 1.807) is 17.5 Å². The van der Waals surface area contributed by atoms with Crippen LogP contribution in [0.2, 0.25) is 0 Å². The van der Waals surface area contributed by atoms with Crippen LogP contribution in [0.3, 0.4) is 0 Å². The lowest BCUT2D eigenvalue weighted by Crippen LogP contribution is -2.37. The SMILES string of the molecule is Cl.NC(=O)CN(CC1CCCCC1)c1nccs1. The van der Waals surface area contributed by atoms with Crippen molar-refractivity contribution in [1.82, 2.24) is 4.98 Å². The normalized spacial score (nSPS) is 16.0. The molecule has 2 N–H and O–H groups in total. The Morgan fingerprint density at radius 3 is 2.72 bits per heavy atom. The number of rotatable bonds is 5. The van der Waals surface area contributed by atoms with Crippen LogP contribution >= 0.6 is 23.7 Å². The Kier molecular flexibility index (Phi) is 6.43. The van der Waals surface area contributed by atoms with E-state index in [-0.39, 0.29) is 24.9 Å². The molecule has 1 amide bonds. The van der Waals surface area contributed by atoms with Crippen LogP contribution in [0.1, 0.15) is 32.1 Å². The number of hydrogen-bond acceptors (Lipinski definition) is 4. The lowest BCUT2D eigenvalue weighted by molar-refractivity contribution is -0.116. The number of amides is 1. The smallest absolute Gasteiger partial charge is 0.237 e. The average molecular weight is 290 g/mol. The van der Waals surface area contributed by atoms with Crippen LogP contribution in [0.5, 0.6) is 0 Å². The lowest BCUT2D eigenvalue weighted by atomic mass is 9.89. The number of anilines is 1. The van der Waals surface area contributed by atoms with Gasteiger partial charge in [0.25, 0.3) is 0 Å². The minimum Gasteiger partial charge on any atom is -0.368 e. The highest BCUT2D eigenvalue weighted by atomic mass is 35.5. The fourth-order valence-electron chi connectivity index (χ4n) is 2.45. The molecule has 0 saturated heterocycles. The van der Waals surface area contributed by atoms with Gasteiger partial charge in [0.2, 0.25) is 5.91 Å². The molecule has 2 rings (SSSR count). The highest BCUT2D eigenvalue weighted by Crippen LogP contribution is 2.27. The summed E-state index contributed by atoms with van der Waals surface area (Å²) in [6.07, 6.45) is 8.28. The predicted molar refractivity (Wildman–Crippen MR) is 77.3 cm³/mol. The lowest BCUT2D eigenvalue weighted by Gasteiger charge is -2.28. The highest BCUT2D eigenvalue weighted by Gasteiger charge is 2.19. The van der Waals surface area contributed by atoms with Gasteiger partial charge in [-0.15, -0.1) is 23.7 Å². The number of hydrogen-bond donors (Lipinski definition) is 1. The fraction of sp³-hybridized carbons (Fsp3) is 0.667. The molecule has 1 aromatic rings. The molecule has 0 unspecified atom stereocenters. The topological polar surface area (TPSA) is 59.2 Å². The van der Waals surface area contributed by atoms with E-state index in [0.717, 1.165) is 11.7 Å². The molecule has 18 heavy (non-hydrogen) atoms. The first kappa shape index (κ1) is 15.2. The molecule has 1 fully saturated rings. The maximum atomic E-state index is 11.1. The van der Waals surface area contributed by atoms with Crippen LogP contribution in [0.4, 0.5) is 5.13 Å². The highest BCUT2D eigenvalue weighted by molar-refractivity contribution is 7.13. The zero-order chi connectivity index (χ0) is 12.1. The molecule has 0 spiro atoms. The van der Waals surface area contributed by atoms with E-state index in [4.69, 9.17) is 5.73 Å². The summed E-state index contributed by atoms with van der Waals surface area (Å²) in [4.78, 5) is 17.4. The number of carbonyl (C=O) groups is 1. The molecule has 0 bridgehead atoms. The van der Waals surface area contributed by atoms with Crippen molar-refractivity contribution in [1.29, 1.82) is 0 Å². The largest absolute Gasteiger partial charge is 0.368 e. The van der Waals surface area contributed by atoms with Crippen LogP contribution in [0.15, 0.2) is 11.6 Å². The number of halogens is 1. The average Bonchev–Trinajstić information content (AvgIpc) is 2.82. The van der Waals surface area contributed by atoms with E-state index < -0.39 is 0 Å². The quantitative estimate of drug-likeness (QED) is 0.906. The van der Waals surface area contributed by atoms with Gasteiger partial charge in [-0.25, -0.2) is 4.98 Å².